The highest BCUT2D eigenvalue weighted by atomic mass is 16.7. The molecule has 14 heteroatoms. The van der Waals surface area contributed by atoms with Gasteiger partial charge in [0.1, 0.15) is 35.7 Å². The number of aliphatic hydroxyl groups is 4. The zero-order chi connectivity index (χ0) is 32.3. The van der Waals surface area contributed by atoms with E-state index in [0.717, 1.165) is 42.0 Å². The number of hydrogen-bond acceptors (Lipinski definition) is 12. The van der Waals surface area contributed by atoms with Crippen molar-refractivity contribution in [1.29, 1.82) is 0 Å². The molecule has 5 aromatic rings. The fourth-order valence-electron chi connectivity index (χ4n) is 5.90. The fraction of sp³-hybridized carbons (Fsp3) is 0.424. The maximum atomic E-state index is 10.1. The van der Waals surface area contributed by atoms with Crippen LogP contribution in [0.1, 0.15) is 12.8 Å². The van der Waals surface area contributed by atoms with Crippen molar-refractivity contribution in [3.05, 3.63) is 67.1 Å². The molecule has 2 aliphatic rings. The van der Waals surface area contributed by atoms with E-state index in [1.165, 1.54) is 0 Å². The van der Waals surface area contributed by atoms with Gasteiger partial charge in [0.2, 0.25) is 0 Å². The van der Waals surface area contributed by atoms with Gasteiger partial charge >= 0.3 is 0 Å². The van der Waals surface area contributed by atoms with Crippen molar-refractivity contribution in [2.45, 2.75) is 50.1 Å². The first-order valence-electron chi connectivity index (χ1n) is 15.8. The third-order valence-corrected chi connectivity index (χ3v) is 8.52. The monoisotopic (exact) mass is 646 g/mol. The maximum absolute atomic E-state index is 10.1. The van der Waals surface area contributed by atoms with Crippen molar-refractivity contribution >= 4 is 16.8 Å². The van der Waals surface area contributed by atoms with Crippen LogP contribution in [0.15, 0.2) is 71.5 Å². The largest absolute Gasteiger partial charge is 0.452 e. The molecule has 6 heterocycles. The van der Waals surface area contributed by atoms with Crippen LogP contribution in [0.5, 0.6) is 0 Å². The first-order chi connectivity index (χ1) is 23.0. The van der Waals surface area contributed by atoms with E-state index in [1.807, 2.05) is 65.6 Å². The highest BCUT2D eigenvalue weighted by Crippen LogP contribution is 2.35. The summed E-state index contributed by atoms with van der Waals surface area (Å²) < 4.78 is 26.6. The summed E-state index contributed by atoms with van der Waals surface area (Å²) in [6.07, 6.45) is 0.534. The van der Waals surface area contributed by atoms with Gasteiger partial charge in [-0.3, -0.25) is 4.68 Å². The van der Waals surface area contributed by atoms with E-state index >= 15 is 0 Å². The molecule has 2 saturated heterocycles. The molecule has 47 heavy (non-hydrogen) atoms. The fourth-order valence-corrected chi connectivity index (χ4v) is 5.90. The number of morpholine rings is 1. The lowest BCUT2D eigenvalue weighted by Gasteiger charge is -2.39. The molecule has 0 spiro atoms. The van der Waals surface area contributed by atoms with Crippen LogP contribution in [0.4, 0.5) is 5.69 Å². The number of unbranched alkanes of at least 4 members (excludes halogenated alkanes) is 1. The van der Waals surface area contributed by atoms with Crippen LogP contribution in [0, 0.1) is 0 Å². The van der Waals surface area contributed by atoms with Crippen molar-refractivity contribution in [2.24, 2.45) is 0 Å². The lowest BCUT2D eigenvalue weighted by atomic mass is 9.99. The number of hydrogen-bond donors (Lipinski definition) is 4. The van der Waals surface area contributed by atoms with Gasteiger partial charge in [0.15, 0.2) is 17.7 Å². The Labute approximate surface area is 270 Å². The summed E-state index contributed by atoms with van der Waals surface area (Å²) >= 11 is 0. The topological polar surface area (TPSA) is 174 Å². The predicted octanol–water partition coefficient (Wildman–Crippen LogP) is 1.98. The van der Waals surface area contributed by atoms with E-state index in [1.54, 1.807) is 10.9 Å². The van der Waals surface area contributed by atoms with E-state index < -0.39 is 37.3 Å². The molecule has 7 rings (SSSR count). The summed E-state index contributed by atoms with van der Waals surface area (Å²) in [6, 6.07) is 16.0. The average Bonchev–Trinajstić information content (AvgIpc) is 3.89. The van der Waals surface area contributed by atoms with Crippen molar-refractivity contribution in [3.8, 4) is 28.4 Å². The zero-order valence-corrected chi connectivity index (χ0v) is 25.7. The molecule has 4 aromatic heterocycles. The molecule has 0 saturated carbocycles. The Morgan fingerprint density at radius 3 is 2.57 bits per heavy atom. The van der Waals surface area contributed by atoms with Crippen LogP contribution in [0.2, 0.25) is 0 Å². The Hall–Kier alpha value is -4.15. The van der Waals surface area contributed by atoms with Gasteiger partial charge in [-0.25, -0.2) is 9.67 Å². The molecule has 0 unspecified atom stereocenters. The Morgan fingerprint density at radius 2 is 1.77 bits per heavy atom. The summed E-state index contributed by atoms with van der Waals surface area (Å²) in [6.45, 7) is 3.11. The van der Waals surface area contributed by atoms with Gasteiger partial charge in [0.25, 0.3) is 0 Å². The third-order valence-electron chi connectivity index (χ3n) is 8.52. The predicted molar refractivity (Wildman–Crippen MR) is 170 cm³/mol. The van der Waals surface area contributed by atoms with Crippen molar-refractivity contribution in [2.75, 3.05) is 44.4 Å². The SMILES string of the molecule is OC[C@H]1O[C@@H](OCCCCn2cc(-c3cc4nc(-n5ccc(-c6ccccc6)n5)cc(N5CCOCC5)c4o3)cn2)[C@H](O)[C@@H](O)[C@@H]1O. The van der Waals surface area contributed by atoms with E-state index in [4.69, 9.17) is 28.7 Å². The number of aliphatic hydroxyl groups excluding tert-OH is 4. The second-order valence-corrected chi connectivity index (χ2v) is 11.7. The molecule has 5 atom stereocenters. The smallest absolute Gasteiger partial charge is 0.186 e. The summed E-state index contributed by atoms with van der Waals surface area (Å²) in [5.74, 6) is 1.34. The van der Waals surface area contributed by atoms with E-state index in [9.17, 15) is 20.4 Å². The van der Waals surface area contributed by atoms with E-state index in [0.29, 0.717) is 48.9 Å². The molecule has 4 N–H and O–H groups in total. The highest BCUT2D eigenvalue weighted by molar-refractivity contribution is 5.91. The number of nitrogens with zero attached hydrogens (tertiary/aromatic N) is 6. The molecule has 14 nitrogen and oxygen atoms in total. The lowest BCUT2D eigenvalue weighted by molar-refractivity contribution is -0.301. The molecule has 0 aliphatic carbocycles. The van der Waals surface area contributed by atoms with Crippen LogP contribution < -0.4 is 4.90 Å². The van der Waals surface area contributed by atoms with Gasteiger partial charge < -0.3 is 44.0 Å². The van der Waals surface area contributed by atoms with Gasteiger partial charge in [-0.1, -0.05) is 30.3 Å². The number of anilines is 1. The van der Waals surface area contributed by atoms with E-state index in [2.05, 4.69) is 10.00 Å². The van der Waals surface area contributed by atoms with Crippen molar-refractivity contribution < 1.29 is 39.1 Å². The molecular weight excluding hydrogens is 608 g/mol. The number of fused-ring (bicyclic) bond motifs is 1. The number of benzene rings is 1. The Bertz CT molecular complexity index is 1770. The summed E-state index contributed by atoms with van der Waals surface area (Å²) in [5, 5.41) is 48.7. The minimum absolute atomic E-state index is 0.252. The molecular formula is C33H38N6O8. The normalized spacial score (nSPS) is 23.5. The third kappa shape index (κ3) is 6.67. The minimum Gasteiger partial charge on any atom is -0.452 e. The Balaban J connectivity index is 1.04. The summed E-state index contributed by atoms with van der Waals surface area (Å²) in [5.41, 5.74) is 5.06. The molecule has 2 aliphatic heterocycles. The standard InChI is InChI=1S/C33H38N6O8/c40-20-27-29(41)30(42)31(43)33(47-27)45-13-5-4-9-38-19-22(18-34-38)26-16-24-32(46-26)25(37-11-14-44-15-12-37)17-28(35-24)39-10-8-23(36-39)21-6-2-1-3-7-21/h1-3,6-8,10,16-19,27,29-31,33,40-43H,4-5,9,11-15,20H2/t27-,29-,30+,31-,33-/m1/s1. The number of rotatable bonds is 11. The van der Waals surface area contributed by atoms with Crippen LogP contribution in [0.3, 0.4) is 0 Å². The van der Waals surface area contributed by atoms with Crippen LogP contribution in [-0.2, 0) is 20.8 Å². The molecule has 0 radical (unpaired) electrons. The number of aryl methyl sites for hydroxylation is 1. The first kappa shape index (κ1) is 31.4. The maximum Gasteiger partial charge on any atom is 0.186 e. The van der Waals surface area contributed by atoms with Crippen LogP contribution >= 0.6 is 0 Å². The lowest BCUT2D eigenvalue weighted by Crippen LogP contribution is -2.59. The van der Waals surface area contributed by atoms with E-state index in [-0.39, 0.29) is 6.61 Å². The summed E-state index contributed by atoms with van der Waals surface area (Å²) in [4.78, 5) is 7.18. The summed E-state index contributed by atoms with van der Waals surface area (Å²) in [7, 11) is 0. The van der Waals surface area contributed by atoms with Crippen LogP contribution in [-0.4, -0.2) is 115 Å². The number of aromatic nitrogens is 5. The zero-order valence-electron chi connectivity index (χ0n) is 25.7. The average molecular weight is 647 g/mol. The molecule has 1 aromatic carbocycles. The van der Waals surface area contributed by atoms with Gasteiger partial charge in [-0.05, 0) is 18.9 Å². The second-order valence-electron chi connectivity index (χ2n) is 11.7. The molecule has 2 fully saturated rings. The van der Waals surface area contributed by atoms with Crippen molar-refractivity contribution in [1.82, 2.24) is 24.5 Å². The molecule has 0 bridgehead atoms. The Kier molecular flexibility index (Phi) is 9.31. The quantitative estimate of drug-likeness (QED) is 0.154. The van der Waals surface area contributed by atoms with Gasteiger partial charge in [0.05, 0.1) is 43.0 Å². The molecule has 248 valence electrons. The minimum atomic E-state index is -1.46. The molecule has 0 amide bonds. The number of pyridine rings is 1. The van der Waals surface area contributed by atoms with Crippen molar-refractivity contribution in [3.63, 3.8) is 0 Å². The second kappa shape index (κ2) is 13.9. The Morgan fingerprint density at radius 1 is 0.936 bits per heavy atom. The van der Waals surface area contributed by atoms with Crippen LogP contribution in [0.25, 0.3) is 39.5 Å². The first-order valence-corrected chi connectivity index (χ1v) is 15.8. The highest BCUT2D eigenvalue weighted by Gasteiger charge is 2.43. The van der Waals surface area contributed by atoms with Gasteiger partial charge in [-0.2, -0.15) is 10.2 Å². The number of ether oxygens (including phenoxy) is 3. The number of furan rings is 1. The van der Waals surface area contributed by atoms with Gasteiger partial charge in [-0.15, -0.1) is 0 Å². The van der Waals surface area contributed by atoms with Gasteiger partial charge in [0, 0.05) is 56.3 Å².